The predicted octanol–water partition coefficient (Wildman–Crippen LogP) is 8.07. The van der Waals surface area contributed by atoms with Crippen LogP contribution in [0.5, 0.6) is 11.5 Å². The SMILES string of the molecule is CCO[Si](CCCOc1ccc(-c2ccc(OCCCCCCCCCC3CO3)cc2)cc1)(OCC)OCC. The van der Waals surface area contributed by atoms with Crippen LogP contribution in [0.25, 0.3) is 11.1 Å². The highest BCUT2D eigenvalue weighted by atomic mass is 28.4. The van der Waals surface area contributed by atoms with Gasteiger partial charge >= 0.3 is 8.80 Å². The molecule has 0 saturated carbocycles. The van der Waals surface area contributed by atoms with Crippen LogP contribution < -0.4 is 9.47 Å². The van der Waals surface area contributed by atoms with Crippen molar-refractivity contribution in [2.24, 2.45) is 0 Å². The van der Waals surface area contributed by atoms with Crippen LogP contribution in [-0.2, 0) is 18.0 Å². The van der Waals surface area contributed by atoms with Crippen LogP contribution in [0.2, 0.25) is 6.04 Å². The molecule has 0 aliphatic carbocycles. The Balaban J connectivity index is 1.30. The molecule has 1 aliphatic rings. The Morgan fingerprint density at radius 2 is 1.05 bits per heavy atom. The van der Waals surface area contributed by atoms with Gasteiger partial charge in [0.15, 0.2) is 0 Å². The molecular weight excluding hydrogens is 508 g/mol. The summed E-state index contributed by atoms with van der Waals surface area (Å²) >= 11 is 0. The van der Waals surface area contributed by atoms with Gasteiger partial charge in [-0.1, -0.05) is 62.8 Å². The van der Waals surface area contributed by atoms with Crippen molar-refractivity contribution in [1.29, 1.82) is 0 Å². The van der Waals surface area contributed by atoms with Crippen molar-refractivity contribution < 1.29 is 27.5 Å². The number of rotatable bonds is 23. The van der Waals surface area contributed by atoms with Gasteiger partial charge in [-0.3, -0.25) is 0 Å². The zero-order valence-corrected chi connectivity index (χ0v) is 25.5. The molecule has 1 aliphatic heterocycles. The van der Waals surface area contributed by atoms with E-state index in [-0.39, 0.29) is 0 Å². The van der Waals surface area contributed by atoms with Crippen molar-refractivity contribution in [2.45, 2.75) is 90.7 Å². The van der Waals surface area contributed by atoms with Gasteiger partial charge in [0.25, 0.3) is 0 Å². The highest BCUT2D eigenvalue weighted by Crippen LogP contribution is 2.26. The van der Waals surface area contributed by atoms with E-state index in [1.54, 1.807) is 0 Å². The molecule has 39 heavy (non-hydrogen) atoms. The van der Waals surface area contributed by atoms with E-state index in [0.717, 1.165) is 49.2 Å². The topological polar surface area (TPSA) is 58.7 Å². The first-order chi connectivity index (χ1) is 19.2. The number of ether oxygens (including phenoxy) is 3. The minimum absolute atomic E-state index is 0.592. The molecule has 2 aromatic rings. The molecule has 1 unspecified atom stereocenters. The van der Waals surface area contributed by atoms with Gasteiger partial charge in [0.1, 0.15) is 11.5 Å². The summed E-state index contributed by atoms with van der Waals surface area (Å²) in [6.07, 6.45) is 11.7. The molecule has 0 aromatic heterocycles. The van der Waals surface area contributed by atoms with Crippen LogP contribution in [-0.4, -0.2) is 54.5 Å². The van der Waals surface area contributed by atoms with Crippen molar-refractivity contribution in [3.8, 4) is 22.6 Å². The lowest BCUT2D eigenvalue weighted by Crippen LogP contribution is -2.46. The Morgan fingerprint density at radius 3 is 1.51 bits per heavy atom. The van der Waals surface area contributed by atoms with E-state index < -0.39 is 8.80 Å². The lowest BCUT2D eigenvalue weighted by Gasteiger charge is -2.28. The lowest BCUT2D eigenvalue weighted by atomic mass is 10.1. The molecule has 1 saturated heterocycles. The van der Waals surface area contributed by atoms with E-state index in [1.807, 2.05) is 32.9 Å². The maximum absolute atomic E-state index is 5.98. The maximum Gasteiger partial charge on any atom is 0.501 e. The van der Waals surface area contributed by atoms with Gasteiger partial charge in [0.05, 0.1) is 25.9 Å². The Morgan fingerprint density at radius 1 is 0.615 bits per heavy atom. The molecule has 1 atom stereocenters. The van der Waals surface area contributed by atoms with Crippen molar-refractivity contribution in [2.75, 3.05) is 39.6 Å². The average Bonchev–Trinajstić information content (AvgIpc) is 3.78. The normalized spacial score (nSPS) is 14.9. The summed E-state index contributed by atoms with van der Waals surface area (Å²) in [4.78, 5) is 0. The van der Waals surface area contributed by atoms with Gasteiger partial charge in [-0.05, 0) is 75.4 Å². The van der Waals surface area contributed by atoms with Crippen LogP contribution in [0.15, 0.2) is 48.5 Å². The second kappa shape index (κ2) is 18.4. The first-order valence-electron chi connectivity index (χ1n) is 15.2. The van der Waals surface area contributed by atoms with Crippen molar-refractivity contribution in [1.82, 2.24) is 0 Å². The molecule has 1 heterocycles. The molecule has 1 fully saturated rings. The van der Waals surface area contributed by atoms with E-state index in [4.69, 9.17) is 27.5 Å². The fourth-order valence-electron chi connectivity index (χ4n) is 4.75. The fraction of sp³-hybridized carbons (Fsp3) is 0.625. The van der Waals surface area contributed by atoms with Crippen LogP contribution in [0.3, 0.4) is 0 Å². The summed E-state index contributed by atoms with van der Waals surface area (Å²) in [5, 5.41) is 0. The predicted molar refractivity (Wildman–Crippen MR) is 160 cm³/mol. The highest BCUT2D eigenvalue weighted by molar-refractivity contribution is 6.60. The molecule has 3 rings (SSSR count). The Kier molecular flexibility index (Phi) is 15.0. The molecule has 0 amide bonds. The highest BCUT2D eigenvalue weighted by Gasteiger charge is 2.39. The molecule has 0 spiro atoms. The summed E-state index contributed by atoms with van der Waals surface area (Å²) < 4.78 is 35.0. The number of unbranched alkanes of at least 4 members (excludes halogenated alkanes) is 6. The summed E-state index contributed by atoms with van der Waals surface area (Å²) in [6.45, 7) is 10.1. The third-order valence-corrected chi connectivity index (χ3v) is 10.0. The van der Waals surface area contributed by atoms with E-state index in [0.29, 0.717) is 32.5 Å². The van der Waals surface area contributed by atoms with Gasteiger partial charge in [-0.25, -0.2) is 0 Å². The third kappa shape index (κ3) is 12.4. The van der Waals surface area contributed by atoms with Gasteiger partial charge in [-0.2, -0.15) is 0 Å². The molecule has 0 N–H and O–H groups in total. The molecule has 2 aromatic carbocycles. The molecule has 218 valence electrons. The van der Waals surface area contributed by atoms with Crippen LogP contribution in [0.4, 0.5) is 0 Å². The summed E-state index contributed by atoms with van der Waals surface area (Å²) in [5.74, 6) is 1.80. The first-order valence-corrected chi connectivity index (χ1v) is 17.1. The van der Waals surface area contributed by atoms with E-state index >= 15 is 0 Å². The minimum Gasteiger partial charge on any atom is -0.494 e. The van der Waals surface area contributed by atoms with E-state index in [1.165, 1.54) is 50.5 Å². The minimum atomic E-state index is -2.61. The monoisotopic (exact) mass is 558 g/mol. The molecule has 7 heteroatoms. The number of hydrogen-bond acceptors (Lipinski definition) is 6. The smallest absolute Gasteiger partial charge is 0.494 e. The van der Waals surface area contributed by atoms with E-state index in [2.05, 4.69) is 36.4 Å². The van der Waals surface area contributed by atoms with E-state index in [9.17, 15) is 0 Å². The lowest BCUT2D eigenvalue weighted by molar-refractivity contribution is 0.0696. The van der Waals surface area contributed by atoms with Crippen LogP contribution in [0, 0.1) is 0 Å². The zero-order chi connectivity index (χ0) is 27.6. The third-order valence-electron chi connectivity index (χ3n) is 6.87. The Labute approximate surface area is 237 Å². The maximum atomic E-state index is 5.98. The van der Waals surface area contributed by atoms with Crippen molar-refractivity contribution in [3.63, 3.8) is 0 Å². The van der Waals surface area contributed by atoms with Gasteiger partial charge in [0.2, 0.25) is 0 Å². The second-order valence-corrected chi connectivity index (χ2v) is 12.8. The van der Waals surface area contributed by atoms with Crippen molar-refractivity contribution in [3.05, 3.63) is 48.5 Å². The van der Waals surface area contributed by atoms with Crippen LogP contribution >= 0.6 is 0 Å². The molecule has 0 bridgehead atoms. The number of epoxide rings is 1. The van der Waals surface area contributed by atoms with Gasteiger partial charge < -0.3 is 27.5 Å². The summed E-state index contributed by atoms with van der Waals surface area (Å²) in [7, 11) is -2.61. The quantitative estimate of drug-likeness (QED) is 0.0781. The van der Waals surface area contributed by atoms with Gasteiger partial charge in [-0.15, -0.1) is 0 Å². The Bertz CT molecular complexity index is 868. The molecular formula is C32H50O6Si. The number of hydrogen-bond donors (Lipinski definition) is 0. The fourth-order valence-corrected chi connectivity index (χ4v) is 7.33. The summed E-state index contributed by atoms with van der Waals surface area (Å²) in [5.41, 5.74) is 2.33. The Hall–Kier alpha value is -1.90. The van der Waals surface area contributed by atoms with Crippen molar-refractivity contribution >= 4 is 8.80 Å². The second-order valence-electron chi connectivity index (χ2n) is 10.1. The average molecular weight is 559 g/mol. The number of benzene rings is 2. The van der Waals surface area contributed by atoms with Crippen LogP contribution in [0.1, 0.15) is 78.6 Å². The summed E-state index contributed by atoms with van der Waals surface area (Å²) in [6, 6.07) is 17.4. The first kappa shape index (κ1) is 31.6. The molecule has 0 radical (unpaired) electrons. The molecule has 6 nitrogen and oxygen atoms in total. The van der Waals surface area contributed by atoms with Gasteiger partial charge in [0, 0.05) is 25.9 Å². The largest absolute Gasteiger partial charge is 0.501 e. The standard InChI is InChI=1S/C32H50O6Si/c1-4-36-39(37-5-2,38-6-3)26-14-25-34-31-22-18-29(19-23-31)28-16-20-30(21-17-28)33-24-13-11-9-7-8-10-12-15-32-27-35-32/h16-23,32H,4-15,24-27H2,1-3H3. The zero-order valence-electron chi connectivity index (χ0n) is 24.5.